The summed E-state index contributed by atoms with van der Waals surface area (Å²) in [5, 5.41) is 0.448. The lowest BCUT2D eigenvalue weighted by Gasteiger charge is -2.20. The lowest BCUT2D eigenvalue weighted by Crippen LogP contribution is -2.33. The molecule has 0 spiro atoms. The van der Waals surface area contributed by atoms with Gasteiger partial charge in [0.05, 0.1) is 34.2 Å². The molecule has 2 heterocycles. The molecule has 0 radical (unpaired) electrons. The van der Waals surface area contributed by atoms with E-state index >= 15 is 0 Å². The average molecular weight is 493 g/mol. The summed E-state index contributed by atoms with van der Waals surface area (Å²) < 4.78 is 5.59. The van der Waals surface area contributed by atoms with Gasteiger partial charge in [-0.15, -0.1) is 0 Å². The van der Waals surface area contributed by atoms with Gasteiger partial charge >= 0.3 is 5.97 Å². The smallest absolute Gasteiger partial charge is 0.316 e. The molecule has 2 aromatic rings. The Morgan fingerprint density at radius 1 is 0.971 bits per heavy atom. The van der Waals surface area contributed by atoms with Crippen molar-refractivity contribution in [1.82, 2.24) is 0 Å². The maximum Gasteiger partial charge on any atom is 0.316 e. The highest BCUT2D eigenvalue weighted by Crippen LogP contribution is 2.56. The number of fused-ring (bicyclic) bond motifs is 5. The zero-order chi connectivity index (χ0) is 24.4. The van der Waals surface area contributed by atoms with Crippen LogP contribution in [-0.2, 0) is 19.2 Å². The molecule has 8 heteroatoms. The van der Waals surface area contributed by atoms with Crippen molar-refractivity contribution in [2.24, 2.45) is 29.6 Å². The monoisotopic (exact) mass is 492 g/mol. The number of carbonyl (C=O) groups is 4. The van der Waals surface area contributed by atoms with E-state index in [1.54, 1.807) is 49.4 Å². The Bertz CT molecular complexity index is 1250. The van der Waals surface area contributed by atoms with Gasteiger partial charge in [-0.25, -0.2) is 4.90 Å². The molecule has 35 heavy (non-hydrogen) atoms. The molecule has 3 amide bonds. The van der Waals surface area contributed by atoms with Crippen LogP contribution in [0.1, 0.15) is 31.2 Å². The van der Waals surface area contributed by atoms with Crippen LogP contribution in [0.3, 0.4) is 0 Å². The number of nitrogens with zero attached hydrogens (tertiary/aromatic N) is 2. The summed E-state index contributed by atoms with van der Waals surface area (Å²) in [5.74, 6) is -0.879. The van der Waals surface area contributed by atoms with Crippen LogP contribution in [0.4, 0.5) is 11.4 Å². The van der Waals surface area contributed by atoms with Crippen molar-refractivity contribution in [2.45, 2.75) is 32.6 Å². The Balaban J connectivity index is 1.16. The summed E-state index contributed by atoms with van der Waals surface area (Å²) in [4.78, 5) is 54.5. The number of aryl methyl sites for hydroxylation is 1. The Hall–Kier alpha value is -3.19. The van der Waals surface area contributed by atoms with Gasteiger partial charge < -0.3 is 9.64 Å². The van der Waals surface area contributed by atoms with Gasteiger partial charge in [-0.05, 0) is 73.9 Å². The maximum atomic E-state index is 13.2. The number of rotatable bonds is 4. The Morgan fingerprint density at radius 3 is 2.31 bits per heavy atom. The van der Waals surface area contributed by atoms with Crippen LogP contribution < -0.4 is 14.5 Å². The molecule has 2 bridgehead atoms. The molecule has 7 nitrogen and oxygen atoms in total. The fourth-order valence-corrected chi connectivity index (χ4v) is 6.79. The molecule has 2 saturated heterocycles. The van der Waals surface area contributed by atoms with E-state index < -0.39 is 11.9 Å². The number of esters is 1. The maximum absolute atomic E-state index is 13.2. The number of halogens is 1. The summed E-state index contributed by atoms with van der Waals surface area (Å²) in [6.45, 7) is 1.99. The van der Waals surface area contributed by atoms with Crippen molar-refractivity contribution >= 4 is 46.7 Å². The van der Waals surface area contributed by atoms with Crippen molar-refractivity contribution in [3.8, 4) is 5.75 Å². The molecule has 180 valence electrons. The van der Waals surface area contributed by atoms with Crippen LogP contribution in [0.25, 0.3) is 0 Å². The number of amides is 3. The first-order valence-electron chi connectivity index (χ1n) is 12.1. The summed E-state index contributed by atoms with van der Waals surface area (Å²) in [6, 6.07) is 12.0. The number of ether oxygens (including phenoxy) is 1. The minimum Gasteiger partial charge on any atom is -0.426 e. The third kappa shape index (κ3) is 3.47. The van der Waals surface area contributed by atoms with E-state index in [-0.39, 0.29) is 42.5 Å². The largest absolute Gasteiger partial charge is 0.426 e. The lowest BCUT2D eigenvalue weighted by molar-refractivity contribution is -0.139. The molecule has 0 N–H and O–H groups in total. The molecular weight excluding hydrogens is 468 g/mol. The third-order valence-corrected chi connectivity index (χ3v) is 8.48. The minimum atomic E-state index is -0.615. The number of anilines is 2. The van der Waals surface area contributed by atoms with Crippen molar-refractivity contribution in [3.63, 3.8) is 0 Å². The lowest BCUT2D eigenvalue weighted by atomic mass is 9.81. The fourth-order valence-electron chi connectivity index (χ4n) is 6.56. The van der Waals surface area contributed by atoms with E-state index in [0.29, 0.717) is 39.5 Å². The SMILES string of the molecule is Cc1cc(OC(=O)[C@@H]2CC(=O)N(c3ccccc3Cl)C2)ccc1N1C(=O)[C@H]2[C@H]3CC[C@@H](C3)[C@@H]2C1=O. The standard InChI is InChI=1S/C27H25ClN2O5/c1-14-10-18(35-27(34)17-12-22(31)29(13-17)21-5-3-2-4-19(21)28)8-9-20(14)30-25(32)23-15-6-7-16(11-15)24(23)26(30)33/h2-5,8-10,15-17,23-24H,6-7,11-13H2,1H3/t15-,16-,17+,23-,24-/m0/s1. The Kier molecular flexibility index (Phi) is 5.22. The van der Waals surface area contributed by atoms with Gasteiger partial charge in [-0.3, -0.25) is 19.2 Å². The second-order valence-corrected chi connectivity index (χ2v) is 10.5. The second kappa shape index (κ2) is 8.19. The molecule has 2 aliphatic carbocycles. The first-order chi connectivity index (χ1) is 16.8. The first kappa shape index (κ1) is 22.3. The zero-order valence-corrected chi connectivity index (χ0v) is 20.0. The van der Waals surface area contributed by atoms with E-state index in [0.717, 1.165) is 19.3 Å². The predicted octanol–water partition coefficient (Wildman–Crippen LogP) is 4.14. The summed E-state index contributed by atoms with van der Waals surface area (Å²) in [6.07, 6.45) is 3.10. The number of imide groups is 1. The van der Waals surface area contributed by atoms with Crippen molar-refractivity contribution in [3.05, 3.63) is 53.1 Å². The van der Waals surface area contributed by atoms with Gasteiger partial charge in [0, 0.05) is 13.0 Å². The Morgan fingerprint density at radius 2 is 1.66 bits per heavy atom. The normalized spacial score (nSPS) is 29.3. The van der Waals surface area contributed by atoms with Crippen LogP contribution in [0, 0.1) is 36.5 Å². The molecule has 0 unspecified atom stereocenters. The topological polar surface area (TPSA) is 84.0 Å². The van der Waals surface area contributed by atoms with Crippen LogP contribution in [0.2, 0.25) is 5.02 Å². The van der Waals surface area contributed by atoms with Gasteiger partial charge in [0.2, 0.25) is 17.7 Å². The number of para-hydroxylation sites is 1. The zero-order valence-electron chi connectivity index (χ0n) is 19.3. The summed E-state index contributed by atoms with van der Waals surface area (Å²) >= 11 is 6.22. The number of carbonyl (C=O) groups excluding carboxylic acids is 4. The van der Waals surface area contributed by atoms with Crippen molar-refractivity contribution < 1.29 is 23.9 Å². The highest BCUT2D eigenvalue weighted by Gasteiger charge is 2.61. The van der Waals surface area contributed by atoms with Crippen LogP contribution in [-0.4, -0.2) is 30.2 Å². The molecule has 5 atom stereocenters. The molecular formula is C27H25ClN2O5. The van der Waals surface area contributed by atoms with Crippen molar-refractivity contribution in [2.75, 3.05) is 16.3 Å². The van der Waals surface area contributed by atoms with Gasteiger partial charge in [0.25, 0.3) is 0 Å². The Labute approximate surface area is 208 Å². The molecule has 2 aliphatic heterocycles. The van der Waals surface area contributed by atoms with E-state index in [1.807, 2.05) is 0 Å². The minimum absolute atomic E-state index is 0.0447. The van der Waals surface area contributed by atoms with E-state index in [2.05, 4.69) is 0 Å². The van der Waals surface area contributed by atoms with Crippen LogP contribution >= 0.6 is 11.6 Å². The quantitative estimate of drug-likeness (QED) is 0.364. The third-order valence-electron chi connectivity index (χ3n) is 8.16. The van der Waals surface area contributed by atoms with Crippen LogP contribution in [0.5, 0.6) is 5.75 Å². The first-order valence-corrected chi connectivity index (χ1v) is 12.5. The number of benzene rings is 2. The van der Waals surface area contributed by atoms with E-state index in [1.165, 1.54) is 9.80 Å². The molecule has 2 aromatic carbocycles. The van der Waals surface area contributed by atoms with Crippen molar-refractivity contribution in [1.29, 1.82) is 0 Å². The van der Waals surface area contributed by atoms with Gasteiger partial charge in [0.1, 0.15) is 5.75 Å². The molecule has 2 saturated carbocycles. The summed E-state index contributed by atoms with van der Waals surface area (Å²) in [5.41, 5.74) is 1.81. The number of hydrogen-bond acceptors (Lipinski definition) is 5. The highest BCUT2D eigenvalue weighted by molar-refractivity contribution is 6.34. The molecule has 4 aliphatic rings. The molecule has 0 aromatic heterocycles. The molecule has 6 rings (SSSR count). The second-order valence-electron chi connectivity index (χ2n) is 10.1. The fraction of sp³-hybridized carbons (Fsp3) is 0.407. The summed E-state index contributed by atoms with van der Waals surface area (Å²) in [7, 11) is 0. The molecule has 4 fully saturated rings. The van der Waals surface area contributed by atoms with Gasteiger partial charge in [0.15, 0.2) is 0 Å². The number of hydrogen-bond donors (Lipinski definition) is 0. The average Bonchev–Trinajstić information content (AvgIpc) is 3.59. The van der Waals surface area contributed by atoms with Gasteiger partial charge in [-0.2, -0.15) is 0 Å². The predicted molar refractivity (Wildman–Crippen MR) is 129 cm³/mol. The van der Waals surface area contributed by atoms with Gasteiger partial charge in [-0.1, -0.05) is 23.7 Å². The van der Waals surface area contributed by atoms with E-state index in [4.69, 9.17) is 16.3 Å². The highest BCUT2D eigenvalue weighted by atomic mass is 35.5. The van der Waals surface area contributed by atoms with Crippen LogP contribution in [0.15, 0.2) is 42.5 Å². The van der Waals surface area contributed by atoms with E-state index in [9.17, 15) is 19.2 Å².